The van der Waals surface area contributed by atoms with Crippen molar-refractivity contribution in [3.63, 3.8) is 0 Å². The van der Waals surface area contributed by atoms with Crippen LogP contribution in [0.15, 0.2) is 23.9 Å². The first-order chi connectivity index (χ1) is 7.11. The number of aromatic nitrogens is 2. The van der Waals surface area contributed by atoms with Crippen molar-refractivity contribution < 1.29 is 9.90 Å². The molecule has 0 aliphatic heterocycles. The molecule has 0 radical (unpaired) electrons. The second-order valence-corrected chi connectivity index (χ2v) is 3.26. The molecule has 80 valence electrons. The topological polar surface area (TPSA) is 75.1 Å². The lowest BCUT2D eigenvalue weighted by molar-refractivity contribution is 0.0697. The fourth-order valence-electron chi connectivity index (χ4n) is 0.987. The summed E-state index contributed by atoms with van der Waals surface area (Å²) < 4.78 is 0. The highest BCUT2D eigenvalue weighted by Gasteiger charge is 2.09. The molecule has 0 unspecified atom stereocenters. The van der Waals surface area contributed by atoms with Gasteiger partial charge in [0, 0.05) is 6.54 Å². The average Bonchev–Trinajstić information content (AvgIpc) is 2.17. The summed E-state index contributed by atoms with van der Waals surface area (Å²) in [5.41, 5.74) is 1.29. The highest BCUT2D eigenvalue weighted by Crippen LogP contribution is 2.09. The fraction of sp³-hybridized carbons (Fsp3) is 0.300. The summed E-state index contributed by atoms with van der Waals surface area (Å²) in [5.74, 6) is -0.716. The van der Waals surface area contributed by atoms with Gasteiger partial charge in [0.1, 0.15) is 5.56 Å². The van der Waals surface area contributed by atoms with Crippen LogP contribution in [0, 0.1) is 0 Å². The normalized spacial score (nSPS) is 9.47. The molecule has 0 saturated carbocycles. The summed E-state index contributed by atoms with van der Waals surface area (Å²) in [6.07, 6.45) is 3.30. The van der Waals surface area contributed by atoms with E-state index in [2.05, 4.69) is 15.5 Å². The van der Waals surface area contributed by atoms with Gasteiger partial charge in [-0.15, -0.1) is 5.10 Å². The lowest BCUT2D eigenvalue weighted by Crippen LogP contribution is -2.09. The van der Waals surface area contributed by atoms with Gasteiger partial charge in [-0.3, -0.25) is 0 Å². The Balaban J connectivity index is 2.76. The number of carbonyl (C=O) groups is 1. The number of allylic oxidation sites excluding steroid dienone is 1. The maximum atomic E-state index is 10.8. The van der Waals surface area contributed by atoms with Gasteiger partial charge in [-0.1, -0.05) is 11.6 Å². The van der Waals surface area contributed by atoms with E-state index in [-0.39, 0.29) is 5.56 Å². The third kappa shape index (κ3) is 3.38. The van der Waals surface area contributed by atoms with Crippen molar-refractivity contribution in [1.29, 1.82) is 0 Å². The van der Waals surface area contributed by atoms with E-state index in [1.54, 1.807) is 0 Å². The molecule has 0 fully saturated rings. The van der Waals surface area contributed by atoms with E-state index in [0.29, 0.717) is 12.4 Å². The number of nitrogens with zero attached hydrogens (tertiary/aromatic N) is 2. The first-order valence-electron chi connectivity index (χ1n) is 4.53. The third-order valence-electron chi connectivity index (χ3n) is 1.73. The molecule has 1 heterocycles. The Labute approximate surface area is 87.8 Å². The standard InChI is InChI=1S/C10H13N3O2/c1-7(2)3-5-11-9-8(10(14)15)4-6-12-13-9/h3-4,6H,5H2,1-2H3,(H,11,13)(H,14,15). The van der Waals surface area contributed by atoms with Crippen LogP contribution < -0.4 is 5.32 Å². The molecular weight excluding hydrogens is 194 g/mol. The summed E-state index contributed by atoms with van der Waals surface area (Å²) in [7, 11) is 0. The fourth-order valence-corrected chi connectivity index (χ4v) is 0.987. The van der Waals surface area contributed by atoms with Gasteiger partial charge in [-0.2, -0.15) is 5.10 Å². The number of carboxylic acids is 1. The number of anilines is 1. The van der Waals surface area contributed by atoms with Crippen LogP contribution in [-0.4, -0.2) is 27.8 Å². The minimum Gasteiger partial charge on any atom is -0.478 e. The van der Waals surface area contributed by atoms with Crippen molar-refractivity contribution in [2.75, 3.05) is 11.9 Å². The predicted octanol–water partition coefficient (Wildman–Crippen LogP) is 1.55. The van der Waals surface area contributed by atoms with Crippen molar-refractivity contribution >= 4 is 11.8 Å². The Bertz CT molecular complexity index is 384. The first kappa shape index (κ1) is 11.2. The van der Waals surface area contributed by atoms with Gasteiger partial charge in [0.15, 0.2) is 5.82 Å². The maximum Gasteiger partial charge on any atom is 0.339 e. The van der Waals surface area contributed by atoms with Crippen LogP contribution in [0.4, 0.5) is 5.82 Å². The molecule has 1 aromatic rings. The zero-order valence-electron chi connectivity index (χ0n) is 8.69. The maximum absolute atomic E-state index is 10.8. The van der Waals surface area contributed by atoms with E-state index in [9.17, 15) is 4.79 Å². The summed E-state index contributed by atoms with van der Waals surface area (Å²) in [6.45, 7) is 4.48. The lowest BCUT2D eigenvalue weighted by Gasteiger charge is -2.04. The Hall–Kier alpha value is -1.91. The molecule has 2 N–H and O–H groups in total. The van der Waals surface area contributed by atoms with Crippen LogP contribution in [0.2, 0.25) is 0 Å². The summed E-state index contributed by atoms with van der Waals surface area (Å²) in [5, 5.41) is 19.1. The Morgan fingerprint density at radius 1 is 1.60 bits per heavy atom. The summed E-state index contributed by atoms with van der Waals surface area (Å²) >= 11 is 0. The van der Waals surface area contributed by atoms with E-state index in [1.807, 2.05) is 19.9 Å². The van der Waals surface area contributed by atoms with Crippen molar-refractivity contribution in [2.24, 2.45) is 0 Å². The van der Waals surface area contributed by atoms with Gasteiger partial charge in [0.2, 0.25) is 0 Å². The molecule has 0 aliphatic rings. The molecule has 1 rings (SSSR count). The number of aromatic carboxylic acids is 1. The lowest BCUT2D eigenvalue weighted by atomic mass is 10.3. The number of rotatable bonds is 4. The van der Waals surface area contributed by atoms with Crippen LogP contribution in [0.5, 0.6) is 0 Å². The van der Waals surface area contributed by atoms with Crippen molar-refractivity contribution in [2.45, 2.75) is 13.8 Å². The third-order valence-corrected chi connectivity index (χ3v) is 1.73. The summed E-state index contributed by atoms with van der Waals surface area (Å²) in [6, 6.07) is 1.42. The highest BCUT2D eigenvalue weighted by molar-refractivity contribution is 5.92. The number of hydrogen-bond donors (Lipinski definition) is 2. The SMILES string of the molecule is CC(C)=CCNc1nnccc1C(=O)O. The zero-order chi connectivity index (χ0) is 11.3. The molecule has 0 aromatic carbocycles. The quantitative estimate of drug-likeness (QED) is 0.733. The van der Waals surface area contributed by atoms with Gasteiger partial charge in [0.25, 0.3) is 0 Å². The van der Waals surface area contributed by atoms with Crippen LogP contribution in [0.1, 0.15) is 24.2 Å². The molecule has 1 aromatic heterocycles. The highest BCUT2D eigenvalue weighted by atomic mass is 16.4. The second-order valence-electron chi connectivity index (χ2n) is 3.26. The predicted molar refractivity (Wildman–Crippen MR) is 56.9 cm³/mol. The molecular formula is C10H13N3O2. The monoisotopic (exact) mass is 207 g/mol. The Morgan fingerprint density at radius 3 is 2.93 bits per heavy atom. The Morgan fingerprint density at radius 2 is 2.33 bits per heavy atom. The molecule has 5 nitrogen and oxygen atoms in total. The average molecular weight is 207 g/mol. The van der Waals surface area contributed by atoms with Crippen LogP contribution in [-0.2, 0) is 0 Å². The van der Waals surface area contributed by atoms with Crippen molar-refractivity contribution in [1.82, 2.24) is 10.2 Å². The van der Waals surface area contributed by atoms with Gasteiger partial charge in [0.05, 0.1) is 6.20 Å². The molecule has 0 bridgehead atoms. The minimum absolute atomic E-state index is 0.132. The van der Waals surface area contributed by atoms with E-state index in [4.69, 9.17) is 5.11 Å². The molecule has 0 aliphatic carbocycles. The number of hydrogen-bond acceptors (Lipinski definition) is 4. The van der Waals surface area contributed by atoms with Gasteiger partial charge in [-0.05, 0) is 19.9 Å². The van der Waals surface area contributed by atoms with E-state index < -0.39 is 5.97 Å². The van der Waals surface area contributed by atoms with Gasteiger partial charge in [-0.25, -0.2) is 4.79 Å². The molecule has 0 spiro atoms. The van der Waals surface area contributed by atoms with Crippen molar-refractivity contribution in [3.05, 3.63) is 29.5 Å². The molecule has 0 amide bonds. The van der Waals surface area contributed by atoms with Crippen LogP contribution >= 0.6 is 0 Å². The molecule has 15 heavy (non-hydrogen) atoms. The molecule has 5 heteroatoms. The molecule has 0 saturated heterocycles. The first-order valence-corrected chi connectivity index (χ1v) is 4.53. The van der Waals surface area contributed by atoms with Gasteiger partial charge >= 0.3 is 5.97 Å². The largest absolute Gasteiger partial charge is 0.478 e. The second kappa shape index (κ2) is 5.09. The van der Waals surface area contributed by atoms with Crippen molar-refractivity contribution in [3.8, 4) is 0 Å². The van der Waals surface area contributed by atoms with E-state index in [1.165, 1.54) is 12.3 Å². The number of carboxylic acid groups (broad SMARTS) is 1. The molecule has 0 atom stereocenters. The van der Waals surface area contributed by atoms with Crippen LogP contribution in [0.25, 0.3) is 0 Å². The summed E-state index contributed by atoms with van der Waals surface area (Å²) in [4.78, 5) is 10.8. The van der Waals surface area contributed by atoms with E-state index >= 15 is 0 Å². The Kier molecular flexibility index (Phi) is 3.79. The number of nitrogens with one attached hydrogen (secondary N) is 1. The minimum atomic E-state index is -1.01. The zero-order valence-corrected chi connectivity index (χ0v) is 8.69. The van der Waals surface area contributed by atoms with Crippen LogP contribution in [0.3, 0.4) is 0 Å². The van der Waals surface area contributed by atoms with E-state index in [0.717, 1.165) is 5.57 Å². The smallest absolute Gasteiger partial charge is 0.339 e. The van der Waals surface area contributed by atoms with Gasteiger partial charge < -0.3 is 10.4 Å².